The van der Waals surface area contributed by atoms with Crippen molar-refractivity contribution < 1.29 is 18.3 Å². The average Bonchev–Trinajstić information content (AvgIpc) is 2.46. The van der Waals surface area contributed by atoms with Crippen LogP contribution in [0, 0.1) is 12.3 Å². The zero-order valence-corrected chi connectivity index (χ0v) is 13.4. The van der Waals surface area contributed by atoms with Gasteiger partial charge in [-0.2, -0.15) is 0 Å². The molecule has 5 nitrogen and oxygen atoms in total. The first kappa shape index (κ1) is 16.4. The molecule has 1 aromatic rings. The van der Waals surface area contributed by atoms with Gasteiger partial charge in [0.25, 0.3) is 0 Å². The van der Waals surface area contributed by atoms with Crippen LogP contribution in [-0.4, -0.2) is 33.3 Å². The molecule has 1 aliphatic rings. The minimum absolute atomic E-state index is 0.0617. The second-order valence-corrected chi connectivity index (χ2v) is 7.68. The minimum atomic E-state index is -3.56. The molecule has 0 saturated carbocycles. The number of sulfonamides is 1. The Morgan fingerprint density at radius 1 is 1.33 bits per heavy atom. The van der Waals surface area contributed by atoms with E-state index < -0.39 is 10.0 Å². The van der Waals surface area contributed by atoms with Crippen molar-refractivity contribution in [3.05, 3.63) is 29.3 Å². The highest BCUT2D eigenvalue weighted by Gasteiger charge is 2.29. The van der Waals surface area contributed by atoms with Gasteiger partial charge in [-0.05, 0) is 42.4 Å². The minimum Gasteiger partial charge on any atom is -0.392 e. The molecule has 0 radical (unpaired) electrons. The van der Waals surface area contributed by atoms with Crippen molar-refractivity contribution in [2.24, 2.45) is 5.41 Å². The lowest BCUT2D eigenvalue weighted by molar-refractivity contribution is 0.0264. The van der Waals surface area contributed by atoms with Crippen LogP contribution in [0.2, 0.25) is 0 Å². The van der Waals surface area contributed by atoms with Crippen molar-refractivity contribution in [3.63, 3.8) is 0 Å². The Morgan fingerprint density at radius 2 is 2.00 bits per heavy atom. The van der Waals surface area contributed by atoms with Crippen molar-refractivity contribution >= 4 is 10.0 Å². The Hall–Kier alpha value is -0.950. The average molecular weight is 313 g/mol. The van der Waals surface area contributed by atoms with E-state index in [2.05, 4.69) is 11.6 Å². The van der Waals surface area contributed by atoms with Gasteiger partial charge in [0, 0.05) is 19.8 Å². The molecule has 0 unspecified atom stereocenters. The Balaban J connectivity index is 2.15. The van der Waals surface area contributed by atoms with Crippen molar-refractivity contribution in [2.45, 2.75) is 38.2 Å². The van der Waals surface area contributed by atoms with Crippen molar-refractivity contribution in [3.8, 4) is 0 Å². The van der Waals surface area contributed by atoms with E-state index in [-0.39, 0.29) is 16.9 Å². The van der Waals surface area contributed by atoms with Crippen molar-refractivity contribution in [2.75, 3.05) is 19.8 Å². The Bertz CT molecular complexity index is 592. The maximum atomic E-state index is 12.5. The molecule has 1 aromatic carbocycles. The Kier molecular flexibility index (Phi) is 5.03. The molecule has 1 aliphatic heterocycles. The van der Waals surface area contributed by atoms with Crippen LogP contribution in [0.1, 0.15) is 30.9 Å². The zero-order chi connectivity index (χ0) is 15.5. The second kappa shape index (κ2) is 6.44. The highest BCUT2D eigenvalue weighted by atomic mass is 32.2. The van der Waals surface area contributed by atoms with Crippen molar-refractivity contribution in [1.82, 2.24) is 4.72 Å². The van der Waals surface area contributed by atoms with Gasteiger partial charge in [0.15, 0.2) is 0 Å². The fraction of sp³-hybridized carbons (Fsp3) is 0.600. The molecule has 0 atom stereocenters. The number of hydrogen-bond donors (Lipinski definition) is 2. The van der Waals surface area contributed by atoms with Gasteiger partial charge in [-0.15, -0.1) is 0 Å². The molecule has 1 saturated heterocycles. The summed E-state index contributed by atoms with van der Waals surface area (Å²) in [5, 5.41) is 9.25. The third-order valence-corrected chi connectivity index (χ3v) is 5.79. The van der Waals surface area contributed by atoms with E-state index in [4.69, 9.17) is 4.74 Å². The topological polar surface area (TPSA) is 75.6 Å². The quantitative estimate of drug-likeness (QED) is 0.865. The van der Waals surface area contributed by atoms with Crippen LogP contribution < -0.4 is 4.72 Å². The number of rotatable bonds is 5. The molecule has 0 aliphatic carbocycles. The van der Waals surface area contributed by atoms with E-state index in [1.54, 1.807) is 25.1 Å². The van der Waals surface area contributed by atoms with Gasteiger partial charge in [-0.1, -0.05) is 19.1 Å². The maximum Gasteiger partial charge on any atom is 0.240 e. The SMILES string of the molecule is Cc1c(CO)cccc1S(=O)(=O)NCC1(C)CCOCC1. The first-order valence-corrected chi connectivity index (χ1v) is 8.63. The summed E-state index contributed by atoms with van der Waals surface area (Å²) in [5.41, 5.74) is 1.17. The van der Waals surface area contributed by atoms with Crippen LogP contribution >= 0.6 is 0 Å². The summed E-state index contributed by atoms with van der Waals surface area (Å²) in [6.45, 7) is 5.39. The normalized spacial score (nSPS) is 18.6. The molecule has 0 spiro atoms. The molecule has 118 valence electrons. The van der Waals surface area contributed by atoms with Crippen LogP contribution in [-0.2, 0) is 21.4 Å². The molecule has 1 fully saturated rings. The fourth-order valence-corrected chi connectivity index (χ4v) is 4.00. The molecule has 6 heteroatoms. The fourth-order valence-electron chi connectivity index (χ4n) is 2.51. The first-order valence-electron chi connectivity index (χ1n) is 7.15. The largest absolute Gasteiger partial charge is 0.392 e. The van der Waals surface area contributed by atoms with E-state index in [1.165, 1.54) is 0 Å². The lowest BCUT2D eigenvalue weighted by Crippen LogP contribution is -2.39. The van der Waals surface area contributed by atoms with E-state index in [0.29, 0.717) is 30.9 Å². The summed E-state index contributed by atoms with van der Waals surface area (Å²) in [6.07, 6.45) is 1.70. The third-order valence-electron chi connectivity index (χ3n) is 4.25. The molecule has 21 heavy (non-hydrogen) atoms. The zero-order valence-electron chi connectivity index (χ0n) is 12.6. The summed E-state index contributed by atoms with van der Waals surface area (Å²) in [5.74, 6) is 0. The second-order valence-electron chi connectivity index (χ2n) is 5.95. The van der Waals surface area contributed by atoms with Gasteiger partial charge in [0.05, 0.1) is 11.5 Å². The van der Waals surface area contributed by atoms with Crippen LogP contribution in [0.15, 0.2) is 23.1 Å². The van der Waals surface area contributed by atoms with Gasteiger partial charge >= 0.3 is 0 Å². The summed E-state index contributed by atoms with van der Waals surface area (Å²) in [6, 6.07) is 4.96. The van der Waals surface area contributed by atoms with E-state index >= 15 is 0 Å². The number of aliphatic hydroxyl groups is 1. The van der Waals surface area contributed by atoms with Crippen LogP contribution in [0.3, 0.4) is 0 Å². The molecule has 2 N–H and O–H groups in total. The molecular weight excluding hydrogens is 290 g/mol. The highest BCUT2D eigenvalue weighted by molar-refractivity contribution is 7.89. The Morgan fingerprint density at radius 3 is 2.62 bits per heavy atom. The molecule has 0 aromatic heterocycles. The number of hydrogen-bond acceptors (Lipinski definition) is 4. The smallest absolute Gasteiger partial charge is 0.240 e. The Labute approximate surface area is 126 Å². The lowest BCUT2D eigenvalue weighted by atomic mass is 9.83. The highest BCUT2D eigenvalue weighted by Crippen LogP contribution is 2.29. The summed E-state index contributed by atoms with van der Waals surface area (Å²) < 4.78 is 33.0. The molecule has 0 bridgehead atoms. The van der Waals surface area contributed by atoms with E-state index in [9.17, 15) is 13.5 Å². The number of aliphatic hydroxyl groups excluding tert-OH is 1. The van der Waals surface area contributed by atoms with Crippen molar-refractivity contribution in [1.29, 1.82) is 0 Å². The van der Waals surface area contributed by atoms with Gasteiger partial charge < -0.3 is 9.84 Å². The summed E-state index contributed by atoms with van der Waals surface area (Å²) in [4.78, 5) is 0.240. The van der Waals surface area contributed by atoms with Gasteiger partial charge in [-0.25, -0.2) is 13.1 Å². The maximum absolute atomic E-state index is 12.5. The predicted octanol–water partition coefficient (Wildman–Crippen LogP) is 1.58. The first-order chi connectivity index (χ1) is 9.88. The van der Waals surface area contributed by atoms with E-state index in [1.807, 2.05) is 0 Å². The van der Waals surface area contributed by atoms with Gasteiger partial charge in [-0.3, -0.25) is 0 Å². The third kappa shape index (κ3) is 3.83. The molecular formula is C15H23NO4S. The van der Waals surface area contributed by atoms with E-state index in [0.717, 1.165) is 12.8 Å². The number of nitrogens with one attached hydrogen (secondary N) is 1. The monoisotopic (exact) mass is 313 g/mol. The number of benzene rings is 1. The molecule has 1 heterocycles. The number of ether oxygens (including phenoxy) is 1. The summed E-state index contributed by atoms with van der Waals surface area (Å²) >= 11 is 0. The molecule has 2 rings (SSSR count). The summed E-state index contributed by atoms with van der Waals surface area (Å²) in [7, 11) is -3.56. The van der Waals surface area contributed by atoms with Gasteiger partial charge in [0.2, 0.25) is 10.0 Å². The lowest BCUT2D eigenvalue weighted by Gasteiger charge is -2.33. The van der Waals surface area contributed by atoms with Gasteiger partial charge in [0.1, 0.15) is 0 Å². The van der Waals surface area contributed by atoms with Crippen LogP contribution in [0.4, 0.5) is 0 Å². The van der Waals surface area contributed by atoms with Crippen LogP contribution in [0.5, 0.6) is 0 Å². The standard InChI is InChI=1S/C15H23NO4S/c1-12-13(10-17)4-3-5-14(12)21(18,19)16-11-15(2)6-8-20-9-7-15/h3-5,16-17H,6-11H2,1-2H3. The van der Waals surface area contributed by atoms with Crippen LogP contribution in [0.25, 0.3) is 0 Å². The predicted molar refractivity (Wildman–Crippen MR) is 80.5 cm³/mol. The molecule has 0 amide bonds.